The van der Waals surface area contributed by atoms with Gasteiger partial charge in [-0.1, -0.05) is 42.8 Å². The minimum absolute atomic E-state index is 0.0719. The van der Waals surface area contributed by atoms with E-state index in [0.29, 0.717) is 54.9 Å². The maximum atomic E-state index is 13.5. The molecule has 3 aromatic rings. The molecule has 9 nitrogen and oxygen atoms in total. The summed E-state index contributed by atoms with van der Waals surface area (Å²) in [5.41, 5.74) is 0.817. The van der Waals surface area contributed by atoms with Gasteiger partial charge >= 0.3 is 5.56 Å². The number of halogens is 1. The number of hydrogen-bond acceptors (Lipinski definition) is 7. The van der Waals surface area contributed by atoms with E-state index >= 15 is 0 Å². The van der Waals surface area contributed by atoms with E-state index in [1.807, 2.05) is 23.1 Å². The first kappa shape index (κ1) is 26.5. The van der Waals surface area contributed by atoms with Crippen LogP contribution < -0.4 is 19.9 Å². The quantitative estimate of drug-likeness (QED) is 0.375. The number of aromatic nitrogens is 2. The topological polar surface area (TPSA) is 94.0 Å². The molecule has 2 aliphatic rings. The van der Waals surface area contributed by atoms with Gasteiger partial charge in [-0.25, -0.2) is 8.42 Å². The van der Waals surface area contributed by atoms with Crippen LogP contribution in [0.15, 0.2) is 65.6 Å². The number of ether oxygens (including phenoxy) is 2. The van der Waals surface area contributed by atoms with Gasteiger partial charge in [0, 0.05) is 36.6 Å². The standard InChI is InChI=1S/C27H31ClN4O5S/c1-27(10-11-27)20-37-25-24(19-29-32(26(25)33)22-7-5-6-21(28)18-22)30-12-14-31(15-13-30)38(34,35)17-16-36-23-8-3-2-4-9-23/h2-9,18-19H,10-17,20H2,1H3. The van der Waals surface area contributed by atoms with Crippen molar-refractivity contribution in [3.63, 3.8) is 0 Å². The van der Waals surface area contributed by atoms with Crippen molar-refractivity contribution in [2.75, 3.05) is 50.0 Å². The number of hydrogen-bond donors (Lipinski definition) is 0. The summed E-state index contributed by atoms with van der Waals surface area (Å²) in [7, 11) is -3.49. The Balaban J connectivity index is 1.29. The van der Waals surface area contributed by atoms with Crippen LogP contribution in [0.3, 0.4) is 0 Å². The molecule has 0 bridgehead atoms. The van der Waals surface area contributed by atoms with E-state index in [4.69, 9.17) is 21.1 Å². The SMILES string of the molecule is CC1(COc2c(N3CCN(S(=O)(=O)CCOc4ccccc4)CC3)cnn(-c3cccc(Cl)c3)c2=O)CC1. The van der Waals surface area contributed by atoms with E-state index < -0.39 is 10.0 Å². The van der Waals surface area contributed by atoms with Gasteiger partial charge in [-0.15, -0.1) is 0 Å². The van der Waals surface area contributed by atoms with E-state index in [2.05, 4.69) is 12.0 Å². The lowest BCUT2D eigenvalue weighted by atomic mass is 10.2. The van der Waals surface area contributed by atoms with E-state index in [0.717, 1.165) is 12.8 Å². The predicted octanol–water partition coefficient (Wildman–Crippen LogP) is 3.60. The summed E-state index contributed by atoms with van der Waals surface area (Å²) in [5.74, 6) is 0.757. The molecule has 2 aromatic carbocycles. The van der Waals surface area contributed by atoms with Crippen LogP contribution >= 0.6 is 11.6 Å². The minimum Gasteiger partial charge on any atom is -0.492 e. The van der Waals surface area contributed by atoms with Gasteiger partial charge in [-0.05, 0) is 43.2 Å². The zero-order chi connectivity index (χ0) is 26.8. The van der Waals surface area contributed by atoms with Crippen molar-refractivity contribution in [3.05, 3.63) is 76.2 Å². The van der Waals surface area contributed by atoms with Crippen LogP contribution in [0.4, 0.5) is 5.69 Å². The molecule has 2 fully saturated rings. The largest absolute Gasteiger partial charge is 0.492 e. The average molecular weight is 559 g/mol. The molecule has 0 amide bonds. The molecule has 11 heteroatoms. The summed E-state index contributed by atoms with van der Waals surface area (Å²) < 4.78 is 40.3. The normalized spacial score (nSPS) is 17.3. The van der Waals surface area contributed by atoms with Gasteiger partial charge in [0.1, 0.15) is 18.0 Å². The Bertz CT molecular complexity index is 1440. The Kier molecular flexibility index (Phi) is 7.65. The smallest absolute Gasteiger partial charge is 0.316 e. The Hall–Kier alpha value is -3.08. The summed E-state index contributed by atoms with van der Waals surface area (Å²) in [6.07, 6.45) is 3.73. The zero-order valence-electron chi connectivity index (χ0n) is 21.3. The third kappa shape index (κ3) is 6.14. The van der Waals surface area contributed by atoms with Crippen LogP contribution in [-0.2, 0) is 10.0 Å². The Morgan fingerprint density at radius 2 is 1.74 bits per heavy atom. The van der Waals surface area contributed by atoms with Crippen molar-refractivity contribution in [1.29, 1.82) is 0 Å². The highest BCUT2D eigenvalue weighted by Crippen LogP contribution is 2.45. The predicted molar refractivity (Wildman–Crippen MR) is 147 cm³/mol. The van der Waals surface area contributed by atoms with Crippen molar-refractivity contribution in [1.82, 2.24) is 14.1 Å². The molecule has 1 aromatic heterocycles. The monoisotopic (exact) mass is 558 g/mol. The summed E-state index contributed by atoms with van der Waals surface area (Å²) in [4.78, 5) is 15.5. The van der Waals surface area contributed by atoms with Gasteiger partial charge in [0.05, 0.1) is 24.2 Å². The zero-order valence-corrected chi connectivity index (χ0v) is 22.8. The molecule has 0 unspecified atom stereocenters. The molecule has 1 saturated heterocycles. The van der Waals surface area contributed by atoms with Crippen molar-refractivity contribution in [2.45, 2.75) is 19.8 Å². The van der Waals surface area contributed by atoms with Crippen LogP contribution in [0.5, 0.6) is 11.5 Å². The summed E-state index contributed by atoms with van der Waals surface area (Å²) in [6.45, 7) is 4.06. The first-order chi connectivity index (χ1) is 18.2. The summed E-state index contributed by atoms with van der Waals surface area (Å²) in [5, 5.41) is 4.90. The lowest BCUT2D eigenvalue weighted by Gasteiger charge is -2.35. The molecular formula is C27H31ClN4O5S. The third-order valence-electron chi connectivity index (χ3n) is 6.96. The second-order valence-electron chi connectivity index (χ2n) is 10.0. The second-order valence-corrected chi connectivity index (χ2v) is 12.5. The van der Waals surface area contributed by atoms with Gasteiger partial charge in [0.2, 0.25) is 15.8 Å². The molecule has 202 valence electrons. The van der Waals surface area contributed by atoms with Crippen LogP contribution in [0, 0.1) is 5.41 Å². The van der Waals surface area contributed by atoms with E-state index in [1.54, 1.807) is 42.6 Å². The first-order valence-electron chi connectivity index (χ1n) is 12.7. The maximum absolute atomic E-state index is 13.5. The van der Waals surface area contributed by atoms with Crippen molar-refractivity contribution >= 4 is 27.3 Å². The van der Waals surface area contributed by atoms with Gasteiger partial charge in [0.25, 0.3) is 0 Å². The molecule has 38 heavy (non-hydrogen) atoms. The first-order valence-corrected chi connectivity index (χ1v) is 14.6. The molecule has 0 N–H and O–H groups in total. The molecule has 0 spiro atoms. The van der Waals surface area contributed by atoms with E-state index in [1.165, 1.54) is 8.99 Å². The Labute approximate surface area is 227 Å². The van der Waals surface area contributed by atoms with Crippen molar-refractivity contribution < 1.29 is 17.9 Å². The number of para-hydroxylation sites is 1. The van der Waals surface area contributed by atoms with Gasteiger partial charge < -0.3 is 14.4 Å². The van der Waals surface area contributed by atoms with E-state index in [-0.39, 0.29) is 29.1 Å². The number of sulfonamides is 1. The number of rotatable bonds is 10. The highest BCUT2D eigenvalue weighted by atomic mass is 35.5. The summed E-state index contributed by atoms with van der Waals surface area (Å²) in [6, 6.07) is 16.1. The minimum atomic E-state index is -3.49. The Morgan fingerprint density at radius 1 is 1.00 bits per heavy atom. The number of piperazine rings is 1. The van der Waals surface area contributed by atoms with Crippen LogP contribution in [-0.4, -0.2) is 67.6 Å². The van der Waals surface area contributed by atoms with Crippen LogP contribution in [0.2, 0.25) is 5.02 Å². The van der Waals surface area contributed by atoms with Gasteiger partial charge in [-0.3, -0.25) is 4.79 Å². The molecule has 5 rings (SSSR count). The molecule has 0 atom stereocenters. The lowest BCUT2D eigenvalue weighted by molar-refractivity contribution is 0.242. The molecule has 1 aliphatic carbocycles. The fourth-order valence-electron chi connectivity index (χ4n) is 4.30. The lowest BCUT2D eigenvalue weighted by Crippen LogP contribution is -2.50. The fourth-order valence-corrected chi connectivity index (χ4v) is 5.76. The van der Waals surface area contributed by atoms with Crippen LogP contribution in [0.1, 0.15) is 19.8 Å². The van der Waals surface area contributed by atoms with Crippen molar-refractivity contribution in [2.24, 2.45) is 5.41 Å². The molecule has 0 radical (unpaired) electrons. The number of anilines is 1. The average Bonchev–Trinajstić information content (AvgIpc) is 3.65. The molecule has 1 saturated carbocycles. The third-order valence-corrected chi connectivity index (χ3v) is 9.03. The second kappa shape index (κ2) is 11.0. The molecular weight excluding hydrogens is 528 g/mol. The maximum Gasteiger partial charge on any atom is 0.316 e. The van der Waals surface area contributed by atoms with Gasteiger partial charge in [0.15, 0.2) is 0 Å². The van der Waals surface area contributed by atoms with E-state index in [9.17, 15) is 13.2 Å². The molecule has 1 aliphatic heterocycles. The highest BCUT2D eigenvalue weighted by molar-refractivity contribution is 7.89. The molecule has 2 heterocycles. The highest BCUT2D eigenvalue weighted by Gasteiger charge is 2.39. The van der Waals surface area contributed by atoms with Crippen molar-refractivity contribution in [3.8, 4) is 17.2 Å². The van der Waals surface area contributed by atoms with Gasteiger partial charge in [-0.2, -0.15) is 14.1 Å². The fraction of sp³-hybridized carbons (Fsp3) is 0.407. The number of benzene rings is 2. The van der Waals surface area contributed by atoms with Crippen LogP contribution in [0.25, 0.3) is 5.69 Å². The summed E-state index contributed by atoms with van der Waals surface area (Å²) >= 11 is 6.14. The Morgan fingerprint density at radius 3 is 2.42 bits per heavy atom. The number of nitrogens with zero attached hydrogens (tertiary/aromatic N) is 4.